The second kappa shape index (κ2) is 6.61. The Balaban J connectivity index is 1.38. The lowest BCUT2D eigenvalue weighted by atomic mass is 10.2. The Labute approximate surface area is 144 Å². The summed E-state index contributed by atoms with van der Waals surface area (Å²) in [6, 6.07) is 14.6. The van der Waals surface area contributed by atoms with E-state index < -0.39 is 0 Å². The number of ether oxygens (including phenoxy) is 1. The van der Waals surface area contributed by atoms with Gasteiger partial charge in [-0.15, -0.1) is 11.3 Å². The molecule has 122 valence electrons. The molecule has 4 rings (SSSR count). The fourth-order valence-corrected chi connectivity index (χ4v) is 3.63. The Morgan fingerprint density at radius 3 is 2.83 bits per heavy atom. The van der Waals surface area contributed by atoms with Crippen molar-refractivity contribution in [1.29, 1.82) is 0 Å². The largest absolute Gasteiger partial charge is 0.486 e. The number of halogens is 1. The van der Waals surface area contributed by atoms with E-state index in [1.54, 1.807) is 23.5 Å². The highest BCUT2D eigenvalue weighted by atomic mass is 32.1. The molecule has 0 atom stereocenters. The molecule has 0 saturated carbocycles. The summed E-state index contributed by atoms with van der Waals surface area (Å²) < 4.78 is 18.5. The maximum atomic E-state index is 12.9. The molecule has 0 unspecified atom stereocenters. The first-order valence-electron chi connectivity index (χ1n) is 7.92. The SMILES string of the molecule is Fc1ccc(OCc2nc(CN3CCc4ccccc43)cs2)cc1. The normalized spacial score (nSPS) is 13.1. The summed E-state index contributed by atoms with van der Waals surface area (Å²) in [6.45, 7) is 2.27. The van der Waals surface area contributed by atoms with Gasteiger partial charge in [-0.05, 0) is 42.3 Å². The van der Waals surface area contributed by atoms with E-state index in [1.165, 1.54) is 23.4 Å². The molecule has 3 aromatic rings. The van der Waals surface area contributed by atoms with Crippen LogP contribution in [0.5, 0.6) is 5.75 Å². The predicted molar refractivity (Wildman–Crippen MR) is 94.0 cm³/mol. The average Bonchev–Trinajstić information content (AvgIpc) is 3.22. The quantitative estimate of drug-likeness (QED) is 0.687. The van der Waals surface area contributed by atoms with Gasteiger partial charge in [0.05, 0.1) is 12.2 Å². The number of thiazole rings is 1. The Morgan fingerprint density at radius 1 is 1.12 bits per heavy atom. The molecule has 0 spiro atoms. The minimum Gasteiger partial charge on any atom is -0.486 e. The molecule has 5 heteroatoms. The molecule has 0 saturated heterocycles. The number of fused-ring (bicyclic) bond motifs is 1. The topological polar surface area (TPSA) is 25.4 Å². The lowest BCUT2D eigenvalue weighted by molar-refractivity contribution is 0.305. The number of hydrogen-bond donors (Lipinski definition) is 0. The van der Waals surface area contributed by atoms with Crippen LogP contribution in [0.4, 0.5) is 10.1 Å². The first-order chi connectivity index (χ1) is 11.8. The van der Waals surface area contributed by atoms with Crippen molar-refractivity contribution in [2.75, 3.05) is 11.4 Å². The number of nitrogens with zero attached hydrogens (tertiary/aromatic N) is 2. The van der Waals surface area contributed by atoms with Gasteiger partial charge in [-0.1, -0.05) is 18.2 Å². The van der Waals surface area contributed by atoms with Crippen molar-refractivity contribution in [3.63, 3.8) is 0 Å². The first-order valence-corrected chi connectivity index (χ1v) is 8.80. The van der Waals surface area contributed by atoms with Crippen LogP contribution in [0.15, 0.2) is 53.9 Å². The summed E-state index contributed by atoms with van der Waals surface area (Å²) in [5.74, 6) is 0.395. The van der Waals surface area contributed by atoms with E-state index >= 15 is 0 Å². The Morgan fingerprint density at radius 2 is 1.96 bits per heavy atom. The van der Waals surface area contributed by atoms with E-state index in [0.29, 0.717) is 12.4 Å². The van der Waals surface area contributed by atoms with Crippen molar-refractivity contribution in [3.8, 4) is 5.75 Å². The highest BCUT2D eigenvalue weighted by Gasteiger charge is 2.19. The van der Waals surface area contributed by atoms with Crippen LogP contribution < -0.4 is 9.64 Å². The van der Waals surface area contributed by atoms with Crippen molar-refractivity contribution in [3.05, 3.63) is 76.0 Å². The fraction of sp³-hybridized carbons (Fsp3) is 0.211. The Hall–Kier alpha value is -2.40. The molecule has 0 amide bonds. The third kappa shape index (κ3) is 3.26. The maximum absolute atomic E-state index is 12.9. The minimum absolute atomic E-state index is 0.259. The van der Waals surface area contributed by atoms with Crippen molar-refractivity contribution in [1.82, 2.24) is 4.98 Å². The number of benzene rings is 2. The van der Waals surface area contributed by atoms with Gasteiger partial charge in [0.15, 0.2) is 0 Å². The van der Waals surface area contributed by atoms with E-state index in [4.69, 9.17) is 4.74 Å². The smallest absolute Gasteiger partial charge is 0.140 e. The molecule has 24 heavy (non-hydrogen) atoms. The standard InChI is InChI=1S/C19H17FN2OS/c20-15-5-7-17(8-6-15)23-12-19-21-16(13-24-19)11-22-10-9-14-3-1-2-4-18(14)22/h1-8,13H,9-12H2. The van der Waals surface area contributed by atoms with E-state index in [0.717, 1.165) is 30.2 Å². The Kier molecular flexibility index (Phi) is 4.17. The van der Waals surface area contributed by atoms with Gasteiger partial charge in [-0.2, -0.15) is 0 Å². The minimum atomic E-state index is -0.259. The zero-order valence-corrected chi connectivity index (χ0v) is 13.9. The van der Waals surface area contributed by atoms with Crippen molar-refractivity contribution >= 4 is 17.0 Å². The van der Waals surface area contributed by atoms with E-state index in [2.05, 4.69) is 39.5 Å². The van der Waals surface area contributed by atoms with Crippen LogP contribution in [0.2, 0.25) is 0 Å². The molecule has 0 aliphatic carbocycles. The summed E-state index contributed by atoms with van der Waals surface area (Å²) in [4.78, 5) is 7.03. The summed E-state index contributed by atoms with van der Waals surface area (Å²) in [7, 11) is 0. The van der Waals surface area contributed by atoms with Crippen molar-refractivity contribution in [2.24, 2.45) is 0 Å². The summed E-state index contributed by atoms with van der Waals surface area (Å²) >= 11 is 1.60. The average molecular weight is 340 g/mol. The molecule has 2 heterocycles. The fourth-order valence-electron chi connectivity index (χ4n) is 2.93. The molecule has 1 aliphatic heterocycles. The van der Waals surface area contributed by atoms with Crippen molar-refractivity contribution in [2.45, 2.75) is 19.6 Å². The van der Waals surface area contributed by atoms with Crippen LogP contribution in [0.1, 0.15) is 16.3 Å². The van der Waals surface area contributed by atoms with E-state index in [9.17, 15) is 4.39 Å². The van der Waals surface area contributed by atoms with E-state index in [1.807, 2.05) is 0 Å². The number of hydrogen-bond acceptors (Lipinski definition) is 4. The zero-order chi connectivity index (χ0) is 16.4. The molecule has 1 aromatic heterocycles. The zero-order valence-electron chi connectivity index (χ0n) is 13.1. The van der Waals surface area contributed by atoms with Gasteiger partial charge in [0.1, 0.15) is 23.2 Å². The summed E-state index contributed by atoms with van der Waals surface area (Å²) in [5.41, 5.74) is 3.79. The van der Waals surface area contributed by atoms with Gasteiger partial charge in [0.2, 0.25) is 0 Å². The van der Waals surface area contributed by atoms with Crippen molar-refractivity contribution < 1.29 is 9.13 Å². The highest BCUT2D eigenvalue weighted by Crippen LogP contribution is 2.29. The van der Waals surface area contributed by atoms with Gasteiger partial charge in [0, 0.05) is 17.6 Å². The van der Waals surface area contributed by atoms with Crippen LogP contribution in [0, 0.1) is 5.82 Å². The van der Waals surface area contributed by atoms with Gasteiger partial charge in [-0.25, -0.2) is 9.37 Å². The van der Waals surface area contributed by atoms with E-state index in [-0.39, 0.29) is 5.82 Å². The second-order valence-electron chi connectivity index (χ2n) is 5.78. The molecular formula is C19H17FN2OS. The maximum Gasteiger partial charge on any atom is 0.140 e. The van der Waals surface area contributed by atoms with Crippen LogP contribution in [0.3, 0.4) is 0 Å². The van der Waals surface area contributed by atoms with Crippen LogP contribution in [-0.2, 0) is 19.6 Å². The van der Waals surface area contributed by atoms with Crippen LogP contribution >= 0.6 is 11.3 Å². The molecule has 0 N–H and O–H groups in total. The van der Waals surface area contributed by atoms with Crippen LogP contribution in [0.25, 0.3) is 0 Å². The molecular weight excluding hydrogens is 323 g/mol. The van der Waals surface area contributed by atoms with Gasteiger partial charge in [0.25, 0.3) is 0 Å². The molecule has 1 aliphatic rings. The molecule has 2 aromatic carbocycles. The van der Waals surface area contributed by atoms with Gasteiger partial charge in [-0.3, -0.25) is 0 Å². The monoisotopic (exact) mass is 340 g/mol. The molecule has 3 nitrogen and oxygen atoms in total. The number of para-hydroxylation sites is 1. The van der Waals surface area contributed by atoms with Gasteiger partial charge < -0.3 is 9.64 Å². The predicted octanol–water partition coefficient (Wildman–Crippen LogP) is 4.42. The van der Waals surface area contributed by atoms with Crippen LogP contribution in [-0.4, -0.2) is 11.5 Å². The lowest BCUT2D eigenvalue weighted by Gasteiger charge is -2.17. The highest BCUT2D eigenvalue weighted by molar-refractivity contribution is 7.09. The molecule has 0 bridgehead atoms. The first kappa shape index (κ1) is 15.1. The summed E-state index contributed by atoms with van der Waals surface area (Å²) in [5, 5.41) is 3.02. The Bertz CT molecular complexity index is 831. The summed E-state index contributed by atoms with van der Waals surface area (Å²) in [6.07, 6.45) is 1.10. The molecule has 0 fully saturated rings. The third-order valence-corrected chi connectivity index (χ3v) is 4.98. The number of aromatic nitrogens is 1. The lowest BCUT2D eigenvalue weighted by Crippen LogP contribution is -2.19. The van der Waals surface area contributed by atoms with Gasteiger partial charge >= 0.3 is 0 Å². The number of anilines is 1. The second-order valence-corrected chi connectivity index (χ2v) is 6.72. The number of rotatable bonds is 5. The third-order valence-electron chi connectivity index (χ3n) is 4.11. The molecule has 0 radical (unpaired) electrons.